The van der Waals surface area contributed by atoms with Gasteiger partial charge in [0.1, 0.15) is 11.5 Å². The summed E-state index contributed by atoms with van der Waals surface area (Å²) in [5.74, 6) is 0.676. The Bertz CT molecular complexity index is 671. The molecule has 0 atom stereocenters. The van der Waals surface area contributed by atoms with Crippen LogP contribution in [0.3, 0.4) is 0 Å². The first-order chi connectivity index (χ1) is 10.1. The molecule has 0 radical (unpaired) electrons. The number of methoxy groups -OCH3 is 2. The topological polar surface area (TPSA) is 99.6 Å². The number of nitrogen functional groups attached to an aromatic ring is 1. The van der Waals surface area contributed by atoms with Gasteiger partial charge in [0.25, 0.3) is 5.91 Å². The molecular formula is C15H17N3O3. The molecule has 2 aromatic carbocycles. The quantitative estimate of drug-likeness (QED) is 0.731. The van der Waals surface area contributed by atoms with Crippen LogP contribution < -0.4 is 26.3 Å². The van der Waals surface area contributed by atoms with Crippen molar-refractivity contribution in [3.05, 3.63) is 42.0 Å². The Morgan fingerprint density at radius 1 is 1.14 bits per heavy atom. The lowest BCUT2D eigenvalue weighted by atomic mass is 10.1. The second-order valence-corrected chi connectivity index (χ2v) is 4.33. The van der Waals surface area contributed by atoms with E-state index in [1.807, 2.05) is 0 Å². The third kappa shape index (κ3) is 3.00. The van der Waals surface area contributed by atoms with Crippen molar-refractivity contribution >= 4 is 23.0 Å². The number of ether oxygens (including phenoxy) is 2. The molecule has 0 aromatic heterocycles. The molecule has 6 nitrogen and oxygen atoms in total. The third-order valence-electron chi connectivity index (χ3n) is 3.03. The van der Waals surface area contributed by atoms with Gasteiger partial charge in [0.15, 0.2) is 0 Å². The maximum absolute atomic E-state index is 11.5. The summed E-state index contributed by atoms with van der Waals surface area (Å²) in [6.45, 7) is 0. The van der Waals surface area contributed by atoms with Crippen LogP contribution in [0.25, 0.3) is 0 Å². The molecule has 0 saturated carbocycles. The molecule has 6 heteroatoms. The molecule has 0 aliphatic heterocycles. The Kier molecular flexibility index (Phi) is 4.18. The molecule has 1 amide bonds. The summed E-state index contributed by atoms with van der Waals surface area (Å²) in [7, 11) is 3.12. The minimum Gasteiger partial charge on any atom is -0.497 e. The van der Waals surface area contributed by atoms with Crippen molar-refractivity contribution < 1.29 is 14.3 Å². The summed E-state index contributed by atoms with van der Waals surface area (Å²) >= 11 is 0. The zero-order chi connectivity index (χ0) is 15.4. The molecule has 0 bridgehead atoms. The van der Waals surface area contributed by atoms with Crippen LogP contribution in [-0.2, 0) is 0 Å². The number of amides is 1. The summed E-state index contributed by atoms with van der Waals surface area (Å²) in [5.41, 5.74) is 13.1. The molecule has 0 aliphatic rings. The van der Waals surface area contributed by atoms with Crippen LogP contribution in [0.15, 0.2) is 36.4 Å². The van der Waals surface area contributed by atoms with Crippen LogP contribution >= 0.6 is 0 Å². The maximum Gasteiger partial charge on any atom is 0.250 e. The molecule has 0 spiro atoms. The van der Waals surface area contributed by atoms with Crippen molar-refractivity contribution in [2.45, 2.75) is 0 Å². The van der Waals surface area contributed by atoms with Gasteiger partial charge in [0, 0.05) is 6.07 Å². The molecule has 110 valence electrons. The van der Waals surface area contributed by atoms with Gasteiger partial charge in [0.05, 0.1) is 36.8 Å². The lowest BCUT2D eigenvalue weighted by molar-refractivity contribution is 0.100. The zero-order valence-electron chi connectivity index (χ0n) is 11.8. The Balaban J connectivity index is 2.49. The van der Waals surface area contributed by atoms with Crippen molar-refractivity contribution in [3.8, 4) is 11.5 Å². The van der Waals surface area contributed by atoms with Crippen LogP contribution in [0.4, 0.5) is 17.1 Å². The fraction of sp³-hybridized carbons (Fsp3) is 0.133. The summed E-state index contributed by atoms with van der Waals surface area (Å²) in [4.78, 5) is 11.5. The monoisotopic (exact) mass is 287 g/mol. The second kappa shape index (κ2) is 6.04. The summed E-state index contributed by atoms with van der Waals surface area (Å²) in [5, 5.41) is 3.09. The molecule has 2 rings (SSSR count). The average molecular weight is 287 g/mol. The lowest BCUT2D eigenvalue weighted by Crippen LogP contribution is -2.14. The molecule has 0 aliphatic carbocycles. The highest BCUT2D eigenvalue weighted by Crippen LogP contribution is 2.34. The van der Waals surface area contributed by atoms with Gasteiger partial charge in [-0.2, -0.15) is 0 Å². The predicted octanol–water partition coefficient (Wildman–Crippen LogP) is 2.13. The van der Waals surface area contributed by atoms with Gasteiger partial charge in [-0.3, -0.25) is 4.79 Å². The number of nitrogens with two attached hydrogens (primary N) is 2. The van der Waals surface area contributed by atoms with E-state index in [1.165, 1.54) is 0 Å². The molecule has 21 heavy (non-hydrogen) atoms. The predicted molar refractivity (Wildman–Crippen MR) is 82.2 cm³/mol. The van der Waals surface area contributed by atoms with Crippen molar-refractivity contribution in [3.63, 3.8) is 0 Å². The van der Waals surface area contributed by atoms with Crippen LogP contribution in [0.2, 0.25) is 0 Å². The molecular weight excluding hydrogens is 270 g/mol. The Morgan fingerprint density at radius 2 is 1.90 bits per heavy atom. The normalized spacial score (nSPS) is 10.0. The number of hydrogen-bond donors (Lipinski definition) is 3. The molecule has 0 saturated heterocycles. The average Bonchev–Trinajstić information content (AvgIpc) is 2.48. The summed E-state index contributed by atoms with van der Waals surface area (Å²) in [6.07, 6.45) is 0. The fourth-order valence-corrected chi connectivity index (χ4v) is 1.96. The number of anilines is 3. The minimum atomic E-state index is -0.563. The van der Waals surface area contributed by atoms with E-state index in [0.29, 0.717) is 34.1 Å². The van der Waals surface area contributed by atoms with Gasteiger partial charge in [-0.15, -0.1) is 0 Å². The third-order valence-corrected chi connectivity index (χ3v) is 3.03. The number of nitrogens with one attached hydrogen (secondary N) is 1. The first-order valence-electron chi connectivity index (χ1n) is 6.24. The highest BCUT2D eigenvalue weighted by atomic mass is 16.5. The van der Waals surface area contributed by atoms with Crippen LogP contribution in [0, 0.1) is 0 Å². The van der Waals surface area contributed by atoms with E-state index in [0.717, 1.165) is 0 Å². The molecule has 5 N–H and O–H groups in total. The van der Waals surface area contributed by atoms with Crippen molar-refractivity contribution in [2.75, 3.05) is 25.3 Å². The van der Waals surface area contributed by atoms with Crippen molar-refractivity contribution in [1.29, 1.82) is 0 Å². The van der Waals surface area contributed by atoms with Gasteiger partial charge in [-0.25, -0.2) is 0 Å². The highest BCUT2D eigenvalue weighted by molar-refractivity contribution is 6.02. The molecule has 0 fully saturated rings. The summed E-state index contributed by atoms with van der Waals surface area (Å²) < 4.78 is 10.5. The number of hydrogen-bond acceptors (Lipinski definition) is 5. The number of rotatable bonds is 5. The van der Waals surface area contributed by atoms with Crippen molar-refractivity contribution in [1.82, 2.24) is 0 Å². The minimum absolute atomic E-state index is 0.305. The van der Waals surface area contributed by atoms with Gasteiger partial charge in [0.2, 0.25) is 0 Å². The number of para-hydroxylation sites is 1. The van der Waals surface area contributed by atoms with Gasteiger partial charge in [-0.1, -0.05) is 6.07 Å². The van der Waals surface area contributed by atoms with E-state index in [9.17, 15) is 4.79 Å². The number of primary amides is 1. The van der Waals surface area contributed by atoms with Crippen molar-refractivity contribution in [2.24, 2.45) is 5.73 Å². The number of benzene rings is 2. The van der Waals surface area contributed by atoms with E-state index in [-0.39, 0.29) is 0 Å². The molecule has 0 heterocycles. The first kappa shape index (κ1) is 14.5. The smallest absolute Gasteiger partial charge is 0.250 e. The Morgan fingerprint density at radius 3 is 2.52 bits per heavy atom. The van der Waals surface area contributed by atoms with E-state index >= 15 is 0 Å². The summed E-state index contributed by atoms with van der Waals surface area (Å²) in [6, 6.07) is 10.2. The van der Waals surface area contributed by atoms with Gasteiger partial charge >= 0.3 is 0 Å². The number of carbonyl (C=O) groups excluding carboxylic acids is 1. The van der Waals surface area contributed by atoms with Gasteiger partial charge in [-0.05, 0) is 24.3 Å². The van der Waals surface area contributed by atoms with Gasteiger partial charge < -0.3 is 26.3 Å². The Labute approximate surface area is 122 Å². The Hall–Kier alpha value is -2.89. The molecule has 2 aromatic rings. The largest absolute Gasteiger partial charge is 0.497 e. The number of carbonyl (C=O) groups is 1. The lowest BCUT2D eigenvalue weighted by Gasteiger charge is -2.16. The van der Waals surface area contributed by atoms with E-state index < -0.39 is 5.91 Å². The van der Waals surface area contributed by atoms with Crippen LogP contribution in [0.1, 0.15) is 10.4 Å². The van der Waals surface area contributed by atoms with E-state index in [1.54, 1.807) is 50.6 Å². The zero-order valence-corrected chi connectivity index (χ0v) is 11.8. The maximum atomic E-state index is 11.5. The standard InChI is InChI=1S/C15H17N3O3/c1-20-9-6-7-13(21-2)12(8-9)18-14-10(15(17)19)4-3-5-11(14)16/h3-8,18H,16H2,1-2H3,(H2,17,19). The highest BCUT2D eigenvalue weighted by Gasteiger charge is 2.13. The fourth-order valence-electron chi connectivity index (χ4n) is 1.96. The first-order valence-corrected chi connectivity index (χ1v) is 6.24. The van der Waals surface area contributed by atoms with Crippen LogP contribution in [0.5, 0.6) is 11.5 Å². The second-order valence-electron chi connectivity index (χ2n) is 4.33. The molecule has 0 unspecified atom stereocenters. The van der Waals surface area contributed by atoms with E-state index in [2.05, 4.69) is 5.32 Å². The SMILES string of the molecule is COc1ccc(OC)c(Nc2c(N)cccc2C(N)=O)c1. The van der Waals surface area contributed by atoms with Crippen LogP contribution in [-0.4, -0.2) is 20.1 Å². The van der Waals surface area contributed by atoms with E-state index in [4.69, 9.17) is 20.9 Å².